The zero-order valence-electron chi connectivity index (χ0n) is 9.65. The van der Waals surface area contributed by atoms with Crippen molar-refractivity contribution in [2.24, 2.45) is 0 Å². The van der Waals surface area contributed by atoms with Gasteiger partial charge in [-0.05, 0) is 5.56 Å². The second-order valence-corrected chi connectivity index (χ2v) is 4.43. The van der Waals surface area contributed by atoms with Crippen LogP contribution >= 0.6 is 0 Å². The fourth-order valence-corrected chi connectivity index (χ4v) is 2.48. The molecular weight excluding hydrogens is 202 g/mol. The molecule has 3 nitrogen and oxygen atoms in total. The molecule has 0 amide bonds. The summed E-state index contributed by atoms with van der Waals surface area (Å²) >= 11 is 0. The van der Waals surface area contributed by atoms with E-state index in [1.54, 1.807) is 7.11 Å². The van der Waals surface area contributed by atoms with Crippen molar-refractivity contribution in [1.29, 1.82) is 0 Å². The van der Waals surface area contributed by atoms with Gasteiger partial charge in [-0.3, -0.25) is 0 Å². The predicted octanol–water partition coefficient (Wildman–Crippen LogP) is -0.0306. The molecular formula is C13H19NO2. The van der Waals surface area contributed by atoms with E-state index in [9.17, 15) is 5.11 Å². The smallest absolute Gasteiger partial charge is 0.134 e. The Balaban J connectivity index is 2.32. The lowest BCUT2D eigenvalue weighted by atomic mass is 9.82. The number of nitrogens with one attached hydrogen (secondary N) is 1. The minimum absolute atomic E-state index is 0.499. The van der Waals surface area contributed by atoms with Gasteiger partial charge in [0, 0.05) is 13.5 Å². The fraction of sp³-hybridized carbons (Fsp3) is 0.462. The van der Waals surface area contributed by atoms with Gasteiger partial charge >= 0.3 is 0 Å². The van der Waals surface area contributed by atoms with Gasteiger partial charge in [0.1, 0.15) is 11.7 Å². The number of rotatable bonds is 2. The first-order valence-corrected chi connectivity index (χ1v) is 5.64. The van der Waals surface area contributed by atoms with Crippen LogP contribution in [0.25, 0.3) is 0 Å². The number of likely N-dealkylation sites (tertiary alicyclic amines) is 1. The van der Waals surface area contributed by atoms with Crippen molar-refractivity contribution in [1.82, 2.24) is 0 Å². The summed E-state index contributed by atoms with van der Waals surface area (Å²) in [6.45, 7) is 1.54. The number of quaternary nitrogens is 1. The standard InChI is InChI=1S/C13H19NO2/c1-14-9-8-13(16-2,12(15)10-14)11-6-4-3-5-7-11/h3-7,12,14-15H,1,8-10H2,2H3. The first-order valence-electron chi connectivity index (χ1n) is 5.64. The molecule has 0 bridgehead atoms. The van der Waals surface area contributed by atoms with E-state index in [0.29, 0.717) is 6.54 Å². The number of aliphatic hydroxyl groups is 1. The van der Waals surface area contributed by atoms with Gasteiger partial charge < -0.3 is 14.7 Å². The molecule has 1 fully saturated rings. The van der Waals surface area contributed by atoms with Crippen molar-refractivity contribution < 1.29 is 14.7 Å². The van der Waals surface area contributed by atoms with Crippen LogP contribution in [0.2, 0.25) is 0 Å². The quantitative estimate of drug-likeness (QED) is 0.688. The van der Waals surface area contributed by atoms with Crippen molar-refractivity contribution in [3.8, 4) is 0 Å². The highest BCUT2D eigenvalue weighted by Gasteiger charge is 2.44. The molecule has 16 heavy (non-hydrogen) atoms. The van der Waals surface area contributed by atoms with Crippen LogP contribution in [0.4, 0.5) is 0 Å². The van der Waals surface area contributed by atoms with Gasteiger partial charge in [-0.25, -0.2) is 0 Å². The van der Waals surface area contributed by atoms with Crippen molar-refractivity contribution in [3.05, 3.63) is 42.9 Å². The maximum atomic E-state index is 10.3. The second kappa shape index (κ2) is 4.53. The highest BCUT2D eigenvalue weighted by Crippen LogP contribution is 2.33. The molecule has 3 atom stereocenters. The first-order chi connectivity index (χ1) is 7.69. The highest BCUT2D eigenvalue weighted by molar-refractivity contribution is 5.24. The molecule has 0 aliphatic carbocycles. The zero-order chi connectivity index (χ0) is 11.6. The monoisotopic (exact) mass is 221 g/mol. The Morgan fingerprint density at radius 3 is 2.69 bits per heavy atom. The molecule has 1 aromatic rings. The van der Waals surface area contributed by atoms with Crippen molar-refractivity contribution in [3.63, 3.8) is 0 Å². The third-order valence-corrected chi connectivity index (χ3v) is 3.50. The van der Waals surface area contributed by atoms with Crippen LogP contribution in [-0.4, -0.2) is 31.4 Å². The lowest BCUT2D eigenvalue weighted by Crippen LogP contribution is -3.10. The van der Waals surface area contributed by atoms with E-state index < -0.39 is 11.7 Å². The summed E-state index contributed by atoms with van der Waals surface area (Å²) in [5, 5.41) is 10.3. The van der Waals surface area contributed by atoms with Gasteiger partial charge in [-0.2, -0.15) is 7.05 Å². The SMILES string of the molecule is [CH2-][NH+]1CCC(OC)(c2ccccc2)C(O)C1. The number of aliphatic hydroxyl groups excluding tert-OH is 1. The summed E-state index contributed by atoms with van der Waals surface area (Å²) in [5.74, 6) is 0. The maximum Gasteiger partial charge on any atom is 0.134 e. The minimum atomic E-state index is -0.553. The normalized spacial score (nSPS) is 34.9. The molecule has 2 rings (SSSR count). The van der Waals surface area contributed by atoms with Gasteiger partial charge in [0.05, 0.1) is 13.1 Å². The van der Waals surface area contributed by atoms with Crippen molar-refractivity contribution in [2.45, 2.75) is 18.1 Å². The largest absolute Gasteiger partial charge is 0.465 e. The molecule has 2 N–H and O–H groups in total. The Kier molecular flexibility index (Phi) is 3.28. The molecule has 3 heteroatoms. The van der Waals surface area contributed by atoms with Gasteiger partial charge in [0.2, 0.25) is 0 Å². The van der Waals surface area contributed by atoms with E-state index in [2.05, 4.69) is 7.05 Å². The number of ether oxygens (including phenoxy) is 1. The second-order valence-electron chi connectivity index (χ2n) is 4.43. The number of methoxy groups -OCH3 is 1. The third kappa shape index (κ3) is 1.86. The van der Waals surface area contributed by atoms with Gasteiger partial charge in [0.25, 0.3) is 0 Å². The summed E-state index contributed by atoms with van der Waals surface area (Å²) in [5.41, 5.74) is 0.500. The fourth-order valence-electron chi connectivity index (χ4n) is 2.48. The summed E-state index contributed by atoms with van der Waals surface area (Å²) in [4.78, 5) is 1.11. The molecule has 0 radical (unpaired) electrons. The lowest BCUT2D eigenvalue weighted by molar-refractivity contribution is -0.867. The van der Waals surface area contributed by atoms with Crippen molar-refractivity contribution in [2.75, 3.05) is 20.2 Å². The minimum Gasteiger partial charge on any atom is -0.465 e. The summed E-state index contributed by atoms with van der Waals surface area (Å²) in [6.07, 6.45) is 0.300. The molecule has 1 heterocycles. The Morgan fingerprint density at radius 1 is 1.44 bits per heavy atom. The Hall–Kier alpha value is -0.900. The number of benzene rings is 1. The van der Waals surface area contributed by atoms with Crippen LogP contribution in [0.3, 0.4) is 0 Å². The van der Waals surface area contributed by atoms with Crippen LogP contribution in [0.5, 0.6) is 0 Å². The summed E-state index contributed by atoms with van der Waals surface area (Å²) in [6, 6.07) is 9.96. The molecule has 1 aliphatic rings. The number of hydrogen-bond acceptors (Lipinski definition) is 2. The maximum absolute atomic E-state index is 10.3. The van der Waals surface area contributed by atoms with Crippen molar-refractivity contribution >= 4 is 0 Å². The average molecular weight is 221 g/mol. The molecule has 1 aliphatic heterocycles. The van der Waals surface area contributed by atoms with E-state index in [1.165, 1.54) is 0 Å². The van der Waals surface area contributed by atoms with Crippen LogP contribution in [-0.2, 0) is 10.3 Å². The number of hydrogen-bond donors (Lipinski definition) is 2. The molecule has 0 saturated carbocycles. The Morgan fingerprint density at radius 2 is 2.12 bits per heavy atom. The molecule has 88 valence electrons. The molecule has 1 saturated heterocycles. The number of piperidine rings is 1. The van der Waals surface area contributed by atoms with E-state index >= 15 is 0 Å². The lowest BCUT2D eigenvalue weighted by Gasteiger charge is -2.44. The van der Waals surface area contributed by atoms with Gasteiger partial charge in [-0.15, -0.1) is 0 Å². The zero-order valence-corrected chi connectivity index (χ0v) is 9.65. The van der Waals surface area contributed by atoms with Gasteiger partial charge in [-0.1, -0.05) is 30.3 Å². The summed E-state index contributed by atoms with van der Waals surface area (Å²) in [7, 11) is 5.61. The Bertz CT molecular complexity index is 341. The van der Waals surface area contributed by atoms with Gasteiger partial charge in [0.15, 0.2) is 0 Å². The topological polar surface area (TPSA) is 33.9 Å². The highest BCUT2D eigenvalue weighted by atomic mass is 16.5. The van der Waals surface area contributed by atoms with E-state index in [-0.39, 0.29) is 0 Å². The van der Waals surface area contributed by atoms with E-state index in [4.69, 9.17) is 4.74 Å². The van der Waals surface area contributed by atoms with Crippen LogP contribution < -0.4 is 4.90 Å². The Labute approximate surface area is 96.6 Å². The van der Waals surface area contributed by atoms with Crippen LogP contribution in [0.1, 0.15) is 12.0 Å². The predicted molar refractivity (Wildman–Crippen MR) is 61.8 cm³/mol. The third-order valence-electron chi connectivity index (χ3n) is 3.50. The molecule has 0 spiro atoms. The van der Waals surface area contributed by atoms with Crippen LogP contribution in [0, 0.1) is 7.05 Å². The molecule has 0 aromatic heterocycles. The van der Waals surface area contributed by atoms with Crippen LogP contribution in [0.15, 0.2) is 30.3 Å². The van der Waals surface area contributed by atoms with E-state index in [1.807, 2.05) is 30.3 Å². The van der Waals surface area contributed by atoms with E-state index in [0.717, 1.165) is 23.4 Å². The summed E-state index contributed by atoms with van der Waals surface area (Å²) < 4.78 is 5.63. The average Bonchev–Trinajstić information content (AvgIpc) is 2.31. The molecule has 3 unspecified atom stereocenters. The first kappa shape index (κ1) is 11.6. The molecule has 1 aromatic carbocycles.